The lowest BCUT2D eigenvalue weighted by Gasteiger charge is -2.28. The molecule has 2 aromatic carbocycles. The van der Waals surface area contributed by atoms with E-state index in [-0.39, 0.29) is 0 Å². The van der Waals surface area contributed by atoms with Crippen LogP contribution in [-0.4, -0.2) is 5.97 Å². The Hall–Kier alpha value is -2.60. The molecule has 3 heteroatoms. The highest BCUT2D eigenvalue weighted by Crippen LogP contribution is 2.37. The first kappa shape index (κ1) is 24.1. The summed E-state index contributed by atoms with van der Waals surface area (Å²) in [6, 6.07) is 15.6. The molecule has 0 unspecified atom stereocenters. The predicted octanol–water partition coefficient (Wildman–Crippen LogP) is 7.97. The van der Waals surface area contributed by atoms with Gasteiger partial charge < -0.3 is 4.74 Å². The van der Waals surface area contributed by atoms with E-state index in [1.165, 1.54) is 63.4 Å². The minimum absolute atomic E-state index is 0.339. The fourth-order valence-electron chi connectivity index (χ4n) is 4.82. The molecule has 0 radical (unpaired) electrons. The molecular formula is C29H37NO2. The van der Waals surface area contributed by atoms with Crippen molar-refractivity contribution in [3.8, 4) is 11.8 Å². The van der Waals surface area contributed by atoms with Crippen LogP contribution in [0.5, 0.6) is 5.75 Å². The molecule has 0 aliphatic heterocycles. The van der Waals surface area contributed by atoms with E-state index in [4.69, 9.17) is 4.74 Å². The third kappa shape index (κ3) is 6.70. The Balaban J connectivity index is 1.57. The van der Waals surface area contributed by atoms with Crippen molar-refractivity contribution in [2.75, 3.05) is 0 Å². The zero-order chi connectivity index (χ0) is 22.8. The smallest absolute Gasteiger partial charge is 0.343 e. The Bertz CT molecular complexity index is 902. The molecule has 0 spiro atoms. The molecule has 1 saturated carbocycles. The van der Waals surface area contributed by atoms with Crippen LogP contribution in [0.25, 0.3) is 0 Å². The van der Waals surface area contributed by atoms with Crippen molar-refractivity contribution in [2.24, 2.45) is 5.92 Å². The van der Waals surface area contributed by atoms with Crippen LogP contribution in [0.3, 0.4) is 0 Å². The Morgan fingerprint density at radius 2 is 1.69 bits per heavy atom. The van der Waals surface area contributed by atoms with Gasteiger partial charge in [-0.15, -0.1) is 0 Å². The summed E-state index contributed by atoms with van der Waals surface area (Å²) in [4.78, 5) is 12.7. The topological polar surface area (TPSA) is 50.1 Å². The van der Waals surface area contributed by atoms with E-state index in [2.05, 4.69) is 32.0 Å². The molecule has 3 nitrogen and oxygen atoms in total. The van der Waals surface area contributed by atoms with Crippen molar-refractivity contribution in [1.82, 2.24) is 0 Å². The van der Waals surface area contributed by atoms with Gasteiger partial charge in [-0.05, 0) is 85.8 Å². The zero-order valence-electron chi connectivity index (χ0n) is 19.7. The molecule has 0 atom stereocenters. The average Bonchev–Trinajstić information content (AvgIpc) is 2.84. The maximum Gasteiger partial charge on any atom is 0.343 e. The van der Waals surface area contributed by atoms with E-state index in [0.717, 1.165) is 24.3 Å². The number of benzene rings is 2. The van der Waals surface area contributed by atoms with Gasteiger partial charge in [0.25, 0.3) is 0 Å². The first-order chi connectivity index (χ1) is 15.6. The highest BCUT2D eigenvalue weighted by molar-refractivity contribution is 5.91. The molecule has 1 aliphatic carbocycles. The highest BCUT2D eigenvalue weighted by atomic mass is 16.5. The molecule has 0 heterocycles. The Kier molecular flexibility index (Phi) is 9.35. The van der Waals surface area contributed by atoms with Crippen molar-refractivity contribution in [3.63, 3.8) is 0 Å². The molecule has 0 amide bonds. The van der Waals surface area contributed by atoms with Gasteiger partial charge in [0, 0.05) is 0 Å². The van der Waals surface area contributed by atoms with Gasteiger partial charge in [0.1, 0.15) is 11.8 Å². The number of hydrogen-bond acceptors (Lipinski definition) is 3. The molecule has 0 saturated heterocycles. The number of esters is 1. The summed E-state index contributed by atoms with van der Waals surface area (Å²) in [5.74, 6) is 1.43. The maximum absolute atomic E-state index is 12.7. The van der Waals surface area contributed by atoms with E-state index < -0.39 is 5.97 Å². The zero-order valence-corrected chi connectivity index (χ0v) is 19.7. The van der Waals surface area contributed by atoms with Crippen LogP contribution in [0, 0.1) is 17.2 Å². The number of aryl methyl sites for hydroxylation is 1. The predicted molar refractivity (Wildman–Crippen MR) is 130 cm³/mol. The molecule has 1 aliphatic rings. The number of unbranched alkanes of at least 4 members (excludes halogenated alkanes) is 3. The van der Waals surface area contributed by atoms with Crippen LogP contribution in [-0.2, 0) is 6.42 Å². The van der Waals surface area contributed by atoms with Crippen molar-refractivity contribution in [3.05, 3.63) is 64.7 Å². The fraction of sp³-hybridized carbons (Fsp3) is 0.517. The van der Waals surface area contributed by atoms with Gasteiger partial charge in [-0.25, -0.2) is 4.79 Å². The van der Waals surface area contributed by atoms with Crippen molar-refractivity contribution in [1.29, 1.82) is 5.26 Å². The van der Waals surface area contributed by atoms with E-state index in [1.807, 2.05) is 24.3 Å². The van der Waals surface area contributed by atoms with E-state index in [1.54, 1.807) is 6.07 Å². The Morgan fingerprint density at radius 3 is 2.34 bits per heavy atom. The van der Waals surface area contributed by atoms with Gasteiger partial charge in [-0.1, -0.05) is 64.2 Å². The molecule has 0 aromatic heterocycles. The second kappa shape index (κ2) is 12.4. The normalized spacial score (nSPS) is 18.2. The van der Waals surface area contributed by atoms with Gasteiger partial charge in [0.2, 0.25) is 0 Å². The van der Waals surface area contributed by atoms with Crippen molar-refractivity contribution in [2.45, 2.75) is 90.4 Å². The van der Waals surface area contributed by atoms with Crippen LogP contribution in [0.2, 0.25) is 0 Å². The first-order valence-electron chi connectivity index (χ1n) is 12.5. The summed E-state index contributed by atoms with van der Waals surface area (Å²) in [5.41, 5.74) is 3.39. The van der Waals surface area contributed by atoms with Gasteiger partial charge >= 0.3 is 5.97 Å². The summed E-state index contributed by atoms with van der Waals surface area (Å²) in [6.45, 7) is 4.44. The second-order valence-corrected chi connectivity index (χ2v) is 9.27. The molecule has 2 aromatic rings. The molecule has 3 rings (SSSR count). The fourth-order valence-corrected chi connectivity index (χ4v) is 4.82. The monoisotopic (exact) mass is 431 g/mol. The number of carbonyl (C=O) groups is 1. The Morgan fingerprint density at radius 1 is 0.969 bits per heavy atom. The lowest BCUT2D eigenvalue weighted by atomic mass is 9.77. The minimum atomic E-state index is -0.407. The number of nitriles is 1. The number of ether oxygens (including phenoxy) is 1. The number of hydrogen-bond donors (Lipinski definition) is 0. The third-order valence-corrected chi connectivity index (χ3v) is 6.87. The lowest BCUT2D eigenvalue weighted by Crippen LogP contribution is -2.14. The number of rotatable bonds is 10. The van der Waals surface area contributed by atoms with E-state index in [9.17, 15) is 10.1 Å². The van der Waals surface area contributed by atoms with E-state index in [0.29, 0.717) is 22.8 Å². The van der Waals surface area contributed by atoms with Crippen LogP contribution in [0.1, 0.15) is 111 Å². The van der Waals surface area contributed by atoms with Gasteiger partial charge in [-0.3, -0.25) is 0 Å². The summed E-state index contributed by atoms with van der Waals surface area (Å²) >= 11 is 0. The quantitative estimate of drug-likeness (QED) is 0.218. The van der Waals surface area contributed by atoms with Crippen LogP contribution < -0.4 is 4.74 Å². The summed E-state index contributed by atoms with van der Waals surface area (Å²) in [5, 5.41) is 9.50. The van der Waals surface area contributed by atoms with Gasteiger partial charge in [0.05, 0.1) is 11.1 Å². The number of nitrogens with zero attached hydrogens (tertiary/aromatic N) is 1. The SMILES string of the molecule is CCCCCc1ccc(OC(=O)c2ccc(C3CCC(CCCC)CC3)cc2)c(C#N)c1. The Labute approximate surface area is 193 Å². The molecule has 1 fully saturated rings. The largest absolute Gasteiger partial charge is 0.422 e. The molecule has 0 bridgehead atoms. The van der Waals surface area contributed by atoms with Crippen LogP contribution in [0.4, 0.5) is 0 Å². The first-order valence-corrected chi connectivity index (χ1v) is 12.5. The standard InChI is InChI=1S/C29H37NO2/c1-3-5-7-9-23-12-19-28(27(20-23)21-30)32-29(31)26-17-15-25(16-18-26)24-13-10-22(11-14-24)8-6-4-2/h12,15-20,22,24H,3-11,13-14H2,1-2H3. The number of carbonyl (C=O) groups excluding carboxylic acids is 1. The third-order valence-electron chi connectivity index (χ3n) is 6.87. The molecule has 0 N–H and O–H groups in total. The molecule has 32 heavy (non-hydrogen) atoms. The lowest BCUT2D eigenvalue weighted by molar-refractivity contribution is 0.0734. The van der Waals surface area contributed by atoms with Crippen molar-refractivity contribution >= 4 is 5.97 Å². The van der Waals surface area contributed by atoms with Crippen LogP contribution >= 0.6 is 0 Å². The summed E-state index contributed by atoms with van der Waals surface area (Å²) in [6.07, 6.45) is 13.5. The van der Waals surface area contributed by atoms with Gasteiger partial charge in [0.15, 0.2) is 0 Å². The summed E-state index contributed by atoms with van der Waals surface area (Å²) < 4.78 is 5.58. The molecular weight excluding hydrogens is 394 g/mol. The van der Waals surface area contributed by atoms with Crippen LogP contribution in [0.15, 0.2) is 42.5 Å². The summed E-state index contributed by atoms with van der Waals surface area (Å²) in [7, 11) is 0. The second-order valence-electron chi connectivity index (χ2n) is 9.27. The molecule has 170 valence electrons. The van der Waals surface area contributed by atoms with Gasteiger partial charge in [-0.2, -0.15) is 5.26 Å². The van der Waals surface area contributed by atoms with E-state index >= 15 is 0 Å². The minimum Gasteiger partial charge on any atom is -0.422 e. The highest BCUT2D eigenvalue weighted by Gasteiger charge is 2.22. The van der Waals surface area contributed by atoms with Crippen molar-refractivity contribution < 1.29 is 9.53 Å². The average molecular weight is 432 g/mol. The maximum atomic E-state index is 12.7.